The summed E-state index contributed by atoms with van der Waals surface area (Å²) in [6.45, 7) is 26.3. The predicted octanol–water partition coefficient (Wildman–Crippen LogP) is 9.17. The zero-order chi connectivity index (χ0) is 29.2. The molecule has 2 N–H and O–H groups in total. The van der Waals surface area contributed by atoms with Crippen LogP contribution in [0, 0.1) is 55.4 Å². The van der Waals surface area contributed by atoms with Crippen molar-refractivity contribution in [3.63, 3.8) is 0 Å². The standard InChI is InChI=1S/C36H42N4/c1-17-13-21(5)37-33(17)31(34-18(2)14-22(6)38-34)29-25(9)27(11)30(28(12)26(29)10)32(35-19(3)15-23(7)39-35)36-20(4)16-24(8)40-36/h13-16,37,39H,1-12H3/b34-31+,36-32+. The van der Waals surface area contributed by atoms with Crippen molar-refractivity contribution in [2.75, 3.05) is 0 Å². The van der Waals surface area contributed by atoms with Crippen LogP contribution in [0.1, 0.15) is 95.0 Å². The molecule has 3 aromatic rings. The summed E-state index contributed by atoms with van der Waals surface area (Å²) in [7, 11) is 0. The molecule has 0 radical (unpaired) electrons. The minimum atomic E-state index is 1.05. The Kier molecular flexibility index (Phi) is 6.86. The predicted molar refractivity (Wildman–Crippen MR) is 172 cm³/mol. The van der Waals surface area contributed by atoms with E-state index in [1.54, 1.807) is 0 Å². The Labute approximate surface area is 239 Å². The van der Waals surface area contributed by atoms with Gasteiger partial charge in [0.2, 0.25) is 0 Å². The van der Waals surface area contributed by atoms with Gasteiger partial charge in [0.1, 0.15) is 0 Å². The van der Waals surface area contributed by atoms with Crippen molar-refractivity contribution < 1.29 is 0 Å². The van der Waals surface area contributed by atoms with Gasteiger partial charge in [-0.15, -0.1) is 0 Å². The molecule has 4 heteroatoms. The van der Waals surface area contributed by atoms with E-state index < -0.39 is 0 Å². The molecule has 0 unspecified atom stereocenters. The third-order valence-corrected chi connectivity index (χ3v) is 8.57. The average Bonchev–Trinajstić information content (AvgIpc) is 3.59. The molecule has 4 nitrogen and oxygen atoms in total. The van der Waals surface area contributed by atoms with Gasteiger partial charge in [-0.25, -0.2) is 0 Å². The molecule has 0 saturated heterocycles. The summed E-state index contributed by atoms with van der Waals surface area (Å²) in [4.78, 5) is 17.5. The lowest BCUT2D eigenvalue weighted by atomic mass is 9.79. The van der Waals surface area contributed by atoms with Gasteiger partial charge in [0.15, 0.2) is 0 Å². The number of aromatic amines is 2. The quantitative estimate of drug-likeness (QED) is 0.338. The van der Waals surface area contributed by atoms with E-state index in [9.17, 15) is 0 Å². The van der Waals surface area contributed by atoms with Gasteiger partial charge in [0.25, 0.3) is 0 Å². The topological polar surface area (TPSA) is 56.3 Å². The zero-order valence-electron chi connectivity index (χ0n) is 26.2. The summed E-state index contributed by atoms with van der Waals surface area (Å²) in [5, 5.41) is 0. The Bertz CT molecular complexity index is 1620. The number of nitrogens with one attached hydrogen (secondary N) is 2. The third kappa shape index (κ3) is 4.40. The van der Waals surface area contributed by atoms with Crippen LogP contribution in [-0.2, 0) is 0 Å². The lowest BCUT2D eigenvalue weighted by molar-refractivity contribution is 1.14. The Morgan fingerprint density at radius 1 is 0.500 bits per heavy atom. The molecule has 0 bridgehead atoms. The van der Waals surface area contributed by atoms with E-state index in [0.29, 0.717) is 0 Å². The number of nitrogens with zero attached hydrogens (tertiary/aromatic N) is 2. The number of hydrogen-bond donors (Lipinski definition) is 2. The van der Waals surface area contributed by atoms with Gasteiger partial charge < -0.3 is 9.97 Å². The average molecular weight is 531 g/mol. The lowest BCUT2D eigenvalue weighted by Gasteiger charge is -2.25. The summed E-state index contributed by atoms with van der Waals surface area (Å²) < 4.78 is 0. The Morgan fingerprint density at radius 3 is 1.05 bits per heavy atom. The van der Waals surface area contributed by atoms with Gasteiger partial charge in [-0.05, 0) is 163 Å². The first-order valence-corrected chi connectivity index (χ1v) is 14.2. The number of aromatic nitrogens is 2. The third-order valence-electron chi connectivity index (χ3n) is 8.57. The van der Waals surface area contributed by atoms with Crippen LogP contribution in [0.5, 0.6) is 0 Å². The molecule has 0 aliphatic carbocycles. The van der Waals surface area contributed by atoms with E-state index in [1.165, 1.54) is 66.8 Å². The van der Waals surface area contributed by atoms with Crippen LogP contribution in [0.2, 0.25) is 0 Å². The molecule has 2 aromatic heterocycles. The highest BCUT2D eigenvalue weighted by Crippen LogP contribution is 2.45. The number of H-pyrrole nitrogens is 2. The van der Waals surface area contributed by atoms with Crippen LogP contribution in [0.15, 0.2) is 56.8 Å². The Balaban J connectivity index is 1.90. The maximum absolute atomic E-state index is 5.06. The van der Waals surface area contributed by atoms with Crippen molar-refractivity contribution in [3.8, 4) is 0 Å². The maximum Gasteiger partial charge on any atom is 0.0762 e. The summed E-state index contributed by atoms with van der Waals surface area (Å²) in [5.74, 6) is 0. The SMILES string of the molecule is CC1=CC(C)=N/C1=C(/c1[nH]c(C)cc1C)c1c(C)c(C)c(/C(=C2\N=C(C)C=C2C)c2[nH]c(C)cc2C)c(C)c1C. The summed E-state index contributed by atoms with van der Waals surface area (Å²) in [6, 6.07) is 4.46. The molecule has 4 heterocycles. The van der Waals surface area contributed by atoms with E-state index in [-0.39, 0.29) is 0 Å². The number of aryl methyl sites for hydroxylation is 4. The first kappa shape index (κ1) is 27.6. The van der Waals surface area contributed by atoms with E-state index in [4.69, 9.17) is 9.98 Å². The second kappa shape index (κ2) is 9.92. The van der Waals surface area contributed by atoms with Crippen LogP contribution in [0.4, 0.5) is 0 Å². The molecule has 0 amide bonds. The number of rotatable bonds is 4. The monoisotopic (exact) mass is 530 g/mol. The first-order valence-electron chi connectivity index (χ1n) is 14.2. The van der Waals surface area contributed by atoms with Gasteiger partial charge >= 0.3 is 0 Å². The van der Waals surface area contributed by atoms with Crippen LogP contribution >= 0.6 is 0 Å². The Hall–Kier alpha value is -3.92. The first-order chi connectivity index (χ1) is 18.8. The van der Waals surface area contributed by atoms with Gasteiger partial charge in [-0.2, -0.15) is 0 Å². The smallest absolute Gasteiger partial charge is 0.0762 e. The van der Waals surface area contributed by atoms with E-state index >= 15 is 0 Å². The zero-order valence-corrected chi connectivity index (χ0v) is 26.2. The number of benzene rings is 1. The van der Waals surface area contributed by atoms with Crippen LogP contribution in [-0.4, -0.2) is 21.4 Å². The molecule has 0 fully saturated rings. The van der Waals surface area contributed by atoms with Crippen molar-refractivity contribution in [2.24, 2.45) is 9.98 Å². The second-order valence-corrected chi connectivity index (χ2v) is 11.9. The molecule has 206 valence electrons. The Morgan fingerprint density at radius 2 is 0.825 bits per heavy atom. The molecule has 5 rings (SSSR count). The molecule has 0 atom stereocenters. The van der Waals surface area contributed by atoms with Crippen molar-refractivity contribution in [2.45, 2.75) is 83.1 Å². The fourth-order valence-electron chi connectivity index (χ4n) is 6.63. The molecule has 0 spiro atoms. The lowest BCUT2D eigenvalue weighted by Crippen LogP contribution is -2.09. The van der Waals surface area contributed by atoms with E-state index in [0.717, 1.165) is 45.6 Å². The molecule has 2 aliphatic heterocycles. The van der Waals surface area contributed by atoms with E-state index in [2.05, 4.69) is 117 Å². The fraction of sp³-hybridized carbons (Fsp3) is 0.333. The number of hydrogen-bond acceptors (Lipinski definition) is 2. The molecule has 2 aliphatic rings. The molecule has 0 saturated carbocycles. The van der Waals surface area contributed by atoms with E-state index in [1.807, 2.05) is 0 Å². The summed E-state index contributed by atoms with van der Waals surface area (Å²) in [6.07, 6.45) is 4.38. The van der Waals surface area contributed by atoms with Crippen molar-refractivity contribution in [3.05, 3.63) is 114 Å². The normalized spacial score (nSPS) is 17.7. The molecule has 1 aromatic carbocycles. The number of allylic oxidation sites excluding steroid dienone is 4. The summed E-state index contributed by atoms with van der Waals surface area (Å²) in [5.41, 5.74) is 23.8. The minimum absolute atomic E-state index is 1.05. The largest absolute Gasteiger partial charge is 0.358 e. The molecule has 40 heavy (non-hydrogen) atoms. The fourth-order valence-corrected chi connectivity index (χ4v) is 6.63. The van der Waals surface area contributed by atoms with Gasteiger partial charge in [0, 0.05) is 34.0 Å². The minimum Gasteiger partial charge on any atom is -0.358 e. The second-order valence-electron chi connectivity index (χ2n) is 11.9. The van der Waals surface area contributed by atoms with Gasteiger partial charge in [-0.3, -0.25) is 9.98 Å². The highest BCUT2D eigenvalue weighted by atomic mass is 14.8. The van der Waals surface area contributed by atoms with Crippen molar-refractivity contribution in [1.29, 1.82) is 0 Å². The maximum atomic E-state index is 5.06. The van der Waals surface area contributed by atoms with Crippen LogP contribution in [0.25, 0.3) is 11.1 Å². The van der Waals surface area contributed by atoms with Crippen molar-refractivity contribution in [1.82, 2.24) is 9.97 Å². The van der Waals surface area contributed by atoms with Gasteiger partial charge in [-0.1, -0.05) is 0 Å². The van der Waals surface area contributed by atoms with Crippen LogP contribution < -0.4 is 0 Å². The number of aliphatic imine (C=N–C) groups is 2. The molecular formula is C36H42N4. The molecular weight excluding hydrogens is 488 g/mol. The highest BCUT2D eigenvalue weighted by molar-refractivity contribution is 6.03. The van der Waals surface area contributed by atoms with Crippen molar-refractivity contribution >= 4 is 22.6 Å². The van der Waals surface area contributed by atoms with Crippen LogP contribution in [0.3, 0.4) is 0 Å². The highest BCUT2D eigenvalue weighted by Gasteiger charge is 2.29. The summed E-state index contributed by atoms with van der Waals surface area (Å²) >= 11 is 0. The van der Waals surface area contributed by atoms with Gasteiger partial charge in [0.05, 0.1) is 22.8 Å².